The first-order valence-electron chi connectivity index (χ1n) is 6.91. The topological polar surface area (TPSA) is 15.3 Å². The minimum absolute atomic E-state index is 0.557. The van der Waals surface area contributed by atoms with Crippen LogP contribution in [0.4, 0.5) is 5.69 Å². The van der Waals surface area contributed by atoms with Crippen molar-refractivity contribution < 1.29 is 0 Å². The summed E-state index contributed by atoms with van der Waals surface area (Å²) in [6, 6.07) is 13.2. The van der Waals surface area contributed by atoms with Crippen LogP contribution in [0.1, 0.15) is 18.7 Å². The average Bonchev–Trinajstić information content (AvgIpc) is 2.90. The average molecular weight is 353 g/mol. The maximum absolute atomic E-state index is 3.50. The fourth-order valence-electron chi connectivity index (χ4n) is 2.06. The summed E-state index contributed by atoms with van der Waals surface area (Å²) in [5, 5.41) is 5.63. The molecule has 0 radical (unpaired) electrons. The predicted molar refractivity (Wildman–Crippen MR) is 92.5 cm³/mol. The molecule has 2 rings (SSSR count). The van der Waals surface area contributed by atoms with Crippen molar-refractivity contribution in [3.05, 3.63) is 51.1 Å². The van der Waals surface area contributed by atoms with Crippen LogP contribution >= 0.6 is 27.3 Å². The minimum Gasteiger partial charge on any atom is -0.384 e. The van der Waals surface area contributed by atoms with Crippen LogP contribution in [0.15, 0.2) is 46.3 Å². The molecule has 108 valence electrons. The highest BCUT2D eigenvalue weighted by molar-refractivity contribution is 9.10. The van der Waals surface area contributed by atoms with Gasteiger partial charge in [0.1, 0.15) is 0 Å². The molecule has 0 amide bonds. The molecule has 1 N–H and O–H groups in total. The third-order valence-corrected chi connectivity index (χ3v) is 4.58. The first kappa shape index (κ1) is 15.5. The van der Waals surface area contributed by atoms with Gasteiger partial charge in [-0.1, -0.05) is 28.1 Å². The molecular weight excluding hydrogens is 332 g/mol. The molecule has 0 spiro atoms. The number of rotatable bonds is 7. The van der Waals surface area contributed by atoms with E-state index in [-0.39, 0.29) is 0 Å². The maximum atomic E-state index is 3.50. The SMILES string of the molecule is CC(C)N(CCNc1cccc(Br)c1)Cc1cccs1. The number of benzene rings is 1. The number of hydrogen-bond donors (Lipinski definition) is 1. The smallest absolute Gasteiger partial charge is 0.0351 e. The third-order valence-electron chi connectivity index (χ3n) is 3.22. The molecule has 0 fully saturated rings. The molecule has 2 aromatic rings. The van der Waals surface area contributed by atoms with E-state index < -0.39 is 0 Å². The molecule has 0 aliphatic heterocycles. The standard InChI is InChI=1S/C16H21BrN2S/c1-13(2)19(12-16-7-4-10-20-16)9-8-18-15-6-3-5-14(17)11-15/h3-7,10-11,13,18H,8-9,12H2,1-2H3. The molecule has 0 aliphatic rings. The van der Waals surface area contributed by atoms with E-state index in [1.165, 1.54) is 10.6 Å². The molecule has 0 aliphatic carbocycles. The van der Waals surface area contributed by atoms with E-state index >= 15 is 0 Å². The number of thiophene rings is 1. The van der Waals surface area contributed by atoms with Crippen LogP contribution in [0.2, 0.25) is 0 Å². The lowest BCUT2D eigenvalue weighted by Crippen LogP contribution is -2.34. The van der Waals surface area contributed by atoms with Crippen LogP contribution in [0.3, 0.4) is 0 Å². The van der Waals surface area contributed by atoms with Crippen molar-refractivity contribution in [1.29, 1.82) is 0 Å². The Hall–Kier alpha value is -0.840. The van der Waals surface area contributed by atoms with Gasteiger partial charge in [-0.05, 0) is 43.5 Å². The summed E-state index contributed by atoms with van der Waals surface area (Å²) >= 11 is 5.33. The lowest BCUT2D eigenvalue weighted by atomic mass is 10.3. The van der Waals surface area contributed by atoms with Crippen molar-refractivity contribution in [2.45, 2.75) is 26.4 Å². The number of anilines is 1. The van der Waals surface area contributed by atoms with Crippen LogP contribution in [0, 0.1) is 0 Å². The molecule has 20 heavy (non-hydrogen) atoms. The Morgan fingerprint density at radius 2 is 2.10 bits per heavy atom. The van der Waals surface area contributed by atoms with E-state index in [9.17, 15) is 0 Å². The Balaban J connectivity index is 1.83. The zero-order valence-corrected chi connectivity index (χ0v) is 14.4. The second-order valence-electron chi connectivity index (χ2n) is 5.08. The van der Waals surface area contributed by atoms with Gasteiger partial charge in [0.2, 0.25) is 0 Å². The Morgan fingerprint density at radius 1 is 1.25 bits per heavy atom. The molecule has 1 heterocycles. The van der Waals surface area contributed by atoms with E-state index in [1.807, 2.05) is 17.4 Å². The van der Waals surface area contributed by atoms with E-state index in [1.54, 1.807) is 0 Å². The van der Waals surface area contributed by atoms with Gasteiger partial charge in [0.05, 0.1) is 0 Å². The van der Waals surface area contributed by atoms with Gasteiger partial charge in [0.15, 0.2) is 0 Å². The first-order valence-corrected chi connectivity index (χ1v) is 8.58. The van der Waals surface area contributed by atoms with Gasteiger partial charge in [-0.15, -0.1) is 11.3 Å². The van der Waals surface area contributed by atoms with Crippen LogP contribution in [0.5, 0.6) is 0 Å². The van der Waals surface area contributed by atoms with Crippen molar-refractivity contribution in [2.24, 2.45) is 0 Å². The van der Waals surface area contributed by atoms with Crippen molar-refractivity contribution in [1.82, 2.24) is 4.90 Å². The molecule has 0 saturated heterocycles. The second-order valence-corrected chi connectivity index (χ2v) is 7.03. The fraction of sp³-hybridized carbons (Fsp3) is 0.375. The van der Waals surface area contributed by atoms with E-state index in [0.29, 0.717) is 6.04 Å². The molecule has 0 unspecified atom stereocenters. The number of nitrogens with zero attached hydrogens (tertiary/aromatic N) is 1. The van der Waals surface area contributed by atoms with Gasteiger partial charge in [-0.25, -0.2) is 0 Å². The number of halogens is 1. The quantitative estimate of drug-likeness (QED) is 0.767. The molecule has 0 atom stereocenters. The summed E-state index contributed by atoms with van der Waals surface area (Å²) in [5.74, 6) is 0. The maximum Gasteiger partial charge on any atom is 0.0351 e. The Bertz CT molecular complexity index is 511. The Kier molecular flexibility index (Phi) is 6.07. The third kappa shape index (κ3) is 4.93. The lowest BCUT2D eigenvalue weighted by Gasteiger charge is -2.26. The summed E-state index contributed by atoms with van der Waals surface area (Å²) < 4.78 is 1.11. The highest BCUT2D eigenvalue weighted by Crippen LogP contribution is 2.16. The van der Waals surface area contributed by atoms with Crippen LogP contribution < -0.4 is 5.32 Å². The van der Waals surface area contributed by atoms with Gasteiger partial charge in [0, 0.05) is 40.7 Å². The highest BCUT2D eigenvalue weighted by Gasteiger charge is 2.10. The summed E-state index contributed by atoms with van der Waals surface area (Å²) in [6.45, 7) is 7.55. The zero-order chi connectivity index (χ0) is 14.4. The van der Waals surface area contributed by atoms with Crippen molar-refractivity contribution in [3.8, 4) is 0 Å². The van der Waals surface area contributed by atoms with E-state index in [4.69, 9.17) is 0 Å². The Labute approximate surface area is 133 Å². The van der Waals surface area contributed by atoms with Gasteiger partial charge < -0.3 is 5.32 Å². The summed E-state index contributed by atoms with van der Waals surface area (Å²) in [7, 11) is 0. The molecule has 1 aromatic heterocycles. The Morgan fingerprint density at radius 3 is 2.75 bits per heavy atom. The first-order chi connectivity index (χ1) is 9.65. The monoisotopic (exact) mass is 352 g/mol. The molecule has 4 heteroatoms. The van der Waals surface area contributed by atoms with E-state index in [2.05, 4.69) is 75.7 Å². The molecule has 0 saturated carbocycles. The van der Waals surface area contributed by atoms with Gasteiger partial charge in [-0.3, -0.25) is 4.90 Å². The highest BCUT2D eigenvalue weighted by atomic mass is 79.9. The molecule has 1 aromatic carbocycles. The predicted octanol–water partition coefficient (Wildman–Crippen LogP) is 4.83. The van der Waals surface area contributed by atoms with Gasteiger partial charge in [0.25, 0.3) is 0 Å². The number of hydrogen-bond acceptors (Lipinski definition) is 3. The van der Waals surface area contributed by atoms with E-state index in [0.717, 1.165) is 24.1 Å². The largest absolute Gasteiger partial charge is 0.384 e. The van der Waals surface area contributed by atoms with Crippen molar-refractivity contribution in [3.63, 3.8) is 0 Å². The zero-order valence-electron chi connectivity index (χ0n) is 12.0. The molecular formula is C16H21BrN2S. The summed E-state index contributed by atoms with van der Waals surface area (Å²) in [4.78, 5) is 3.93. The number of nitrogens with one attached hydrogen (secondary N) is 1. The summed E-state index contributed by atoms with van der Waals surface area (Å²) in [5.41, 5.74) is 1.17. The normalized spacial score (nSPS) is 11.2. The minimum atomic E-state index is 0.557. The fourth-order valence-corrected chi connectivity index (χ4v) is 3.19. The van der Waals surface area contributed by atoms with Gasteiger partial charge >= 0.3 is 0 Å². The van der Waals surface area contributed by atoms with Crippen LogP contribution in [-0.4, -0.2) is 24.0 Å². The molecule has 2 nitrogen and oxygen atoms in total. The van der Waals surface area contributed by atoms with Crippen LogP contribution in [0.25, 0.3) is 0 Å². The van der Waals surface area contributed by atoms with Gasteiger partial charge in [-0.2, -0.15) is 0 Å². The van der Waals surface area contributed by atoms with Crippen molar-refractivity contribution in [2.75, 3.05) is 18.4 Å². The van der Waals surface area contributed by atoms with Crippen LogP contribution in [-0.2, 0) is 6.54 Å². The molecule has 0 bridgehead atoms. The lowest BCUT2D eigenvalue weighted by molar-refractivity contribution is 0.223. The summed E-state index contributed by atoms with van der Waals surface area (Å²) in [6.07, 6.45) is 0. The van der Waals surface area contributed by atoms with Crippen molar-refractivity contribution >= 4 is 33.0 Å². The second kappa shape index (κ2) is 7.81.